The maximum atomic E-state index is 14.2. The van der Waals surface area contributed by atoms with E-state index < -0.39 is 17.3 Å². The maximum Gasteiger partial charge on any atom is 0.214 e. The van der Waals surface area contributed by atoms with E-state index in [1.54, 1.807) is 49.3 Å². The Hall–Kier alpha value is -3.19. The van der Waals surface area contributed by atoms with Crippen LogP contribution in [0.1, 0.15) is 50.3 Å². The first-order valence-corrected chi connectivity index (χ1v) is 11.1. The molecule has 174 valence electrons. The minimum atomic E-state index is -1.20. The zero-order valence-electron chi connectivity index (χ0n) is 19.3. The number of aromatic nitrogens is 1. The number of benzene rings is 2. The highest BCUT2D eigenvalue weighted by atomic mass is 19.1. The number of amides is 1. The van der Waals surface area contributed by atoms with Gasteiger partial charge in [-0.25, -0.2) is 4.39 Å². The fourth-order valence-corrected chi connectivity index (χ4v) is 5.08. The van der Waals surface area contributed by atoms with E-state index in [1.165, 1.54) is 12.1 Å². The van der Waals surface area contributed by atoms with Crippen molar-refractivity contribution in [3.8, 4) is 5.75 Å². The Balaban J connectivity index is 1.79. The molecule has 1 aliphatic carbocycles. The number of anilines is 1. The van der Waals surface area contributed by atoms with E-state index in [-0.39, 0.29) is 18.2 Å². The molecule has 3 atom stereocenters. The molecule has 0 aliphatic heterocycles. The van der Waals surface area contributed by atoms with Gasteiger partial charge in [0, 0.05) is 42.0 Å². The molecule has 0 saturated heterocycles. The lowest BCUT2D eigenvalue weighted by atomic mass is 9.86. The van der Waals surface area contributed by atoms with Crippen molar-refractivity contribution in [3.63, 3.8) is 0 Å². The molecule has 3 aromatic rings. The van der Waals surface area contributed by atoms with Crippen molar-refractivity contribution in [2.45, 2.75) is 50.7 Å². The number of Topliss-reactive ketones (excluding diaryl/α,β-unsaturated/α-hetero) is 1. The predicted molar refractivity (Wildman–Crippen MR) is 125 cm³/mol. The molecule has 33 heavy (non-hydrogen) atoms. The van der Waals surface area contributed by atoms with Crippen molar-refractivity contribution < 1.29 is 23.8 Å². The number of ketones is 1. The standard InChI is InChI=1S/C26H29FN2O4/c1-5-26(2,32)25-24(20-12-16(27)6-11-22(20)28(25)3)21-13-18(14-23(21)31)29(15-30)17-7-9-19(33-4)10-8-17/h6-12,15,18,21,32H,5,13-14H2,1-4H3. The van der Waals surface area contributed by atoms with Crippen LogP contribution < -0.4 is 9.64 Å². The summed E-state index contributed by atoms with van der Waals surface area (Å²) in [5.41, 5.74) is 1.51. The van der Waals surface area contributed by atoms with Crippen molar-refractivity contribution in [2.24, 2.45) is 7.05 Å². The molecule has 2 aromatic carbocycles. The summed E-state index contributed by atoms with van der Waals surface area (Å²) < 4.78 is 21.3. The van der Waals surface area contributed by atoms with E-state index in [2.05, 4.69) is 0 Å². The number of nitrogens with zero attached hydrogens (tertiary/aromatic N) is 2. The summed E-state index contributed by atoms with van der Waals surface area (Å²) >= 11 is 0. The first-order valence-electron chi connectivity index (χ1n) is 11.1. The van der Waals surface area contributed by atoms with E-state index in [9.17, 15) is 19.1 Å². The van der Waals surface area contributed by atoms with Crippen molar-refractivity contribution in [1.82, 2.24) is 4.57 Å². The third-order valence-corrected chi connectivity index (χ3v) is 6.96. The molecule has 0 radical (unpaired) electrons. The van der Waals surface area contributed by atoms with Gasteiger partial charge < -0.3 is 19.3 Å². The lowest BCUT2D eigenvalue weighted by Gasteiger charge is -2.27. The normalized spacial score (nSPS) is 20.1. The van der Waals surface area contributed by atoms with Gasteiger partial charge in [-0.2, -0.15) is 0 Å². The third kappa shape index (κ3) is 3.91. The van der Waals surface area contributed by atoms with Gasteiger partial charge in [-0.3, -0.25) is 9.59 Å². The zero-order valence-corrected chi connectivity index (χ0v) is 19.3. The van der Waals surface area contributed by atoms with E-state index in [4.69, 9.17) is 4.74 Å². The first-order chi connectivity index (χ1) is 15.7. The lowest BCUT2D eigenvalue weighted by Crippen LogP contribution is -2.32. The average molecular weight is 453 g/mol. The van der Waals surface area contributed by atoms with Crippen LogP contribution in [-0.2, 0) is 22.2 Å². The molecule has 6 nitrogen and oxygen atoms in total. The van der Waals surface area contributed by atoms with Crippen molar-refractivity contribution >= 4 is 28.8 Å². The summed E-state index contributed by atoms with van der Waals surface area (Å²) in [4.78, 5) is 26.9. The Kier molecular flexibility index (Phi) is 6.01. The van der Waals surface area contributed by atoms with Gasteiger partial charge in [-0.1, -0.05) is 6.92 Å². The van der Waals surface area contributed by atoms with E-state index in [0.29, 0.717) is 40.9 Å². The molecule has 1 N–H and O–H groups in total. The number of rotatable bonds is 7. The van der Waals surface area contributed by atoms with Gasteiger partial charge >= 0.3 is 0 Å². The van der Waals surface area contributed by atoms with Gasteiger partial charge in [0.1, 0.15) is 23.0 Å². The molecule has 1 fully saturated rings. The average Bonchev–Trinajstić information content (AvgIpc) is 3.31. The molecule has 4 rings (SSSR count). The van der Waals surface area contributed by atoms with Crippen LogP contribution in [0, 0.1) is 5.82 Å². The van der Waals surface area contributed by atoms with Crippen molar-refractivity contribution in [2.75, 3.05) is 12.0 Å². The first kappa shape index (κ1) is 23.0. The Morgan fingerprint density at radius 3 is 2.58 bits per heavy atom. The number of carbonyl (C=O) groups is 2. The Labute approximate surface area is 192 Å². The van der Waals surface area contributed by atoms with Gasteiger partial charge in [0.25, 0.3) is 0 Å². The molecule has 1 amide bonds. The molecule has 7 heteroatoms. The molecule has 1 saturated carbocycles. The van der Waals surface area contributed by atoms with Crippen LogP contribution in [0.3, 0.4) is 0 Å². The third-order valence-electron chi connectivity index (χ3n) is 6.96. The number of carbonyl (C=O) groups excluding carboxylic acids is 2. The fourth-order valence-electron chi connectivity index (χ4n) is 5.08. The van der Waals surface area contributed by atoms with Crippen LogP contribution in [0.4, 0.5) is 10.1 Å². The van der Waals surface area contributed by atoms with Gasteiger partial charge in [0.2, 0.25) is 6.41 Å². The van der Waals surface area contributed by atoms with Crippen molar-refractivity contribution in [3.05, 3.63) is 59.5 Å². The highest BCUT2D eigenvalue weighted by Crippen LogP contribution is 2.45. The summed E-state index contributed by atoms with van der Waals surface area (Å²) in [6.45, 7) is 3.59. The van der Waals surface area contributed by atoms with E-state index in [1.807, 2.05) is 18.5 Å². The molecule has 1 aromatic heterocycles. The second-order valence-electron chi connectivity index (χ2n) is 8.93. The highest BCUT2D eigenvalue weighted by Gasteiger charge is 2.42. The maximum absolute atomic E-state index is 14.2. The van der Waals surface area contributed by atoms with Crippen LogP contribution in [-0.4, -0.2) is 35.0 Å². The van der Waals surface area contributed by atoms with Gasteiger partial charge in [-0.15, -0.1) is 0 Å². The second kappa shape index (κ2) is 8.63. The quantitative estimate of drug-likeness (QED) is 0.539. The summed E-state index contributed by atoms with van der Waals surface area (Å²) in [6.07, 6.45) is 1.76. The Morgan fingerprint density at radius 2 is 1.97 bits per heavy atom. The highest BCUT2D eigenvalue weighted by molar-refractivity contribution is 5.97. The minimum absolute atomic E-state index is 0.0229. The molecule has 0 bridgehead atoms. The number of hydrogen-bond donors (Lipinski definition) is 1. The Morgan fingerprint density at radius 1 is 1.27 bits per heavy atom. The molecular weight excluding hydrogens is 423 g/mol. The van der Waals surface area contributed by atoms with Crippen molar-refractivity contribution in [1.29, 1.82) is 0 Å². The fraction of sp³-hybridized carbons (Fsp3) is 0.385. The molecule has 1 heterocycles. The van der Waals surface area contributed by atoms with Gasteiger partial charge in [0.05, 0.1) is 12.8 Å². The predicted octanol–water partition coefficient (Wildman–Crippen LogP) is 4.42. The number of ether oxygens (including phenoxy) is 1. The summed E-state index contributed by atoms with van der Waals surface area (Å²) in [5, 5.41) is 11.8. The number of hydrogen-bond acceptors (Lipinski definition) is 4. The number of aliphatic hydroxyl groups is 1. The van der Waals surface area contributed by atoms with E-state index in [0.717, 1.165) is 11.9 Å². The minimum Gasteiger partial charge on any atom is -0.497 e. The van der Waals surface area contributed by atoms with Crippen LogP contribution in [0.5, 0.6) is 5.75 Å². The van der Waals surface area contributed by atoms with Gasteiger partial charge in [0.15, 0.2) is 0 Å². The number of methoxy groups -OCH3 is 1. The SMILES string of the molecule is CCC(C)(O)c1c(C2CC(N(C=O)c3ccc(OC)cc3)CC2=O)c2cc(F)ccc2n1C. The number of aryl methyl sites for hydroxylation is 1. The van der Waals surface area contributed by atoms with Crippen LogP contribution in [0.15, 0.2) is 42.5 Å². The smallest absolute Gasteiger partial charge is 0.214 e. The monoisotopic (exact) mass is 452 g/mol. The summed E-state index contributed by atoms with van der Waals surface area (Å²) in [6, 6.07) is 11.3. The van der Waals surface area contributed by atoms with Gasteiger partial charge in [-0.05, 0) is 67.8 Å². The van der Waals surface area contributed by atoms with E-state index >= 15 is 0 Å². The van der Waals surface area contributed by atoms with Crippen LogP contribution in [0.25, 0.3) is 10.9 Å². The largest absolute Gasteiger partial charge is 0.497 e. The molecule has 1 aliphatic rings. The van der Waals surface area contributed by atoms with Crippen LogP contribution >= 0.6 is 0 Å². The molecular formula is C26H29FN2O4. The van der Waals surface area contributed by atoms with Crippen LogP contribution in [0.2, 0.25) is 0 Å². The second-order valence-corrected chi connectivity index (χ2v) is 8.93. The number of halogens is 1. The summed E-state index contributed by atoms with van der Waals surface area (Å²) in [5.74, 6) is -0.291. The number of fused-ring (bicyclic) bond motifs is 1. The summed E-state index contributed by atoms with van der Waals surface area (Å²) in [7, 11) is 3.40. The topological polar surface area (TPSA) is 71.8 Å². The zero-order chi connectivity index (χ0) is 23.9. The molecule has 0 spiro atoms. The Bertz CT molecular complexity index is 1200. The lowest BCUT2D eigenvalue weighted by molar-refractivity contribution is -0.118. The molecule has 3 unspecified atom stereocenters.